The van der Waals surface area contributed by atoms with Gasteiger partial charge in [0, 0.05) is 11.5 Å². The van der Waals surface area contributed by atoms with E-state index in [9.17, 15) is 4.79 Å². The third-order valence-corrected chi connectivity index (χ3v) is 14.5. The van der Waals surface area contributed by atoms with Gasteiger partial charge in [-0.1, -0.05) is 151 Å². The summed E-state index contributed by atoms with van der Waals surface area (Å²) in [5.41, 5.74) is 1.89. The Morgan fingerprint density at radius 2 is 1.00 bits per heavy atom. The number of carbonyl (C=O) groups excluding carboxylic acids is 1. The van der Waals surface area contributed by atoms with E-state index in [0.717, 1.165) is 17.0 Å². The lowest BCUT2D eigenvalue weighted by molar-refractivity contribution is 0.107. The Hall–Kier alpha value is -3.50. The summed E-state index contributed by atoms with van der Waals surface area (Å²) in [5, 5.41) is 5.13. The molecule has 0 aliphatic heterocycles. The van der Waals surface area contributed by atoms with Crippen LogP contribution in [0.3, 0.4) is 0 Å². The maximum atomic E-state index is 14.0. The van der Waals surface area contributed by atoms with Gasteiger partial charge in [-0.2, -0.15) is 0 Å². The average Bonchev–Trinajstić information content (AvgIpc) is 2.97. The van der Waals surface area contributed by atoms with Crippen LogP contribution in [0.15, 0.2) is 146 Å². The van der Waals surface area contributed by atoms with E-state index in [2.05, 4.69) is 134 Å². The van der Waals surface area contributed by atoms with E-state index in [-0.39, 0.29) is 5.78 Å². The quantitative estimate of drug-likeness (QED) is 0.165. The van der Waals surface area contributed by atoms with Gasteiger partial charge in [0.05, 0.1) is 0 Å². The summed E-state index contributed by atoms with van der Waals surface area (Å²) in [7, 11) is -0.725. The first-order valence-electron chi connectivity index (χ1n) is 12.5. The number of rotatable bonds is 8. The van der Waals surface area contributed by atoms with Gasteiger partial charge in [0.25, 0.3) is 0 Å². The largest absolute Gasteiger partial charge is 0.289 e. The van der Waals surface area contributed by atoms with E-state index in [1.54, 1.807) is 0 Å². The van der Waals surface area contributed by atoms with Crippen LogP contribution in [-0.2, 0) is 0 Å². The fraction of sp³-hybridized carbons (Fsp3) is 0.0588. The van der Waals surface area contributed by atoms with Crippen molar-refractivity contribution < 1.29 is 4.79 Å². The Kier molecular flexibility index (Phi) is 7.96. The van der Waals surface area contributed by atoms with Gasteiger partial charge in [0.15, 0.2) is 5.78 Å². The van der Waals surface area contributed by atoms with Crippen molar-refractivity contribution in [2.24, 2.45) is 0 Å². The molecule has 0 aliphatic rings. The van der Waals surface area contributed by atoms with E-state index in [1.807, 2.05) is 24.3 Å². The van der Waals surface area contributed by atoms with Gasteiger partial charge in [-0.3, -0.25) is 4.79 Å². The second-order valence-electron chi connectivity index (χ2n) is 9.14. The molecular weight excluding hydrogens is 486 g/mol. The zero-order valence-electron chi connectivity index (χ0n) is 20.9. The maximum Gasteiger partial charge on any atom is 0.186 e. The van der Waals surface area contributed by atoms with Gasteiger partial charge in [0.2, 0.25) is 0 Å². The molecule has 0 aliphatic carbocycles. The minimum absolute atomic E-state index is 0.0945. The Labute approximate surface area is 221 Å². The molecule has 0 radical (unpaired) electrons. The second-order valence-corrected chi connectivity index (χ2v) is 15.2. The molecule has 37 heavy (non-hydrogen) atoms. The fourth-order valence-corrected chi connectivity index (χ4v) is 13.3. The molecule has 5 aromatic rings. The Morgan fingerprint density at radius 1 is 0.595 bits per heavy atom. The highest BCUT2D eigenvalue weighted by molar-refractivity contribution is 7.98. The van der Waals surface area contributed by atoms with Crippen molar-refractivity contribution in [2.45, 2.75) is 6.92 Å². The van der Waals surface area contributed by atoms with Gasteiger partial charge < -0.3 is 0 Å². The molecule has 1 nitrogen and oxygen atoms in total. The maximum absolute atomic E-state index is 14.0. The number of hydrogen-bond donors (Lipinski definition) is 0. The number of benzene rings is 5. The zero-order chi connectivity index (χ0) is 25.5. The van der Waals surface area contributed by atoms with E-state index in [4.69, 9.17) is 0 Å². The van der Waals surface area contributed by atoms with Gasteiger partial charge >= 0.3 is 0 Å². The molecule has 0 saturated carbocycles. The second kappa shape index (κ2) is 11.7. The summed E-state index contributed by atoms with van der Waals surface area (Å²) in [4.78, 5) is 14.0. The SMILES string of the molecule is Cc1ccc(C(=O)C=P(CP(c2ccccc2)c2ccccc2)(c2ccccc2)c2ccccc2)cc1. The molecule has 5 aromatic carbocycles. The molecule has 5 rings (SSSR count). The van der Waals surface area contributed by atoms with Crippen LogP contribution in [0.4, 0.5) is 0 Å². The molecule has 0 spiro atoms. The summed E-state index contributed by atoms with van der Waals surface area (Å²) in [6.45, 7) is -0.215. The smallest absolute Gasteiger partial charge is 0.186 e. The van der Waals surface area contributed by atoms with Crippen LogP contribution in [0.25, 0.3) is 0 Å². The van der Waals surface area contributed by atoms with Crippen molar-refractivity contribution in [3.63, 3.8) is 0 Å². The highest BCUT2D eigenvalue weighted by atomic mass is 31.2. The standard InChI is InChI=1S/C34H30OP2/c1-28-22-24-29(25-23-28)34(35)26-37(32-18-10-4-11-19-32,33-20-12-5-13-21-33)27-36(30-14-6-2-7-15-30)31-16-8-3-9-17-31/h2-26H,27H2,1H3. The molecule has 0 unspecified atom stereocenters. The van der Waals surface area contributed by atoms with Crippen molar-refractivity contribution in [1.29, 1.82) is 0 Å². The van der Waals surface area contributed by atoms with Crippen LogP contribution in [0.1, 0.15) is 15.9 Å². The number of carbonyl (C=O) groups is 1. The highest BCUT2D eigenvalue weighted by Gasteiger charge is 2.29. The van der Waals surface area contributed by atoms with Crippen LogP contribution in [0, 0.1) is 6.92 Å². The molecule has 3 heteroatoms. The van der Waals surface area contributed by atoms with Crippen molar-refractivity contribution in [2.75, 3.05) is 5.90 Å². The molecule has 0 N–H and O–H groups in total. The zero-order valence-corrected chi connectivity index (χ0v) is 22.7. The van der Waals surface area contributed by atoms with Crippen LogP contribution in [0.2, 0.25) is 0 Å². The molecule has 0 aromatic heterocycles. The molecule has 0 amide bonds. The monoisotopic (exact) mass is 516 g/mol. The van der Waals surface area contributed by atoms with Crippen LogP contribution in [0.5, 0.6) is 0 Å². The van der Waals surface area contributed by atoms with Crippen LogP contribution >= 0.6 is 14.8 Å². The fourth-order valence-electron chi connectivity index (χ4n) is 4.63. The summed E-state index contributed by atoms with van der Waals surface area (Å²) < 4.78 is 0. The predicted molar refractivity (Wildman–Crippen MR) is 165 cm³/mol. The first-order valence-corrected chi connectivity index (χ1v) is 16.1. The minimum atomic E-state index is -2.27. The summed E-state index contributed by atoms with van der Waals surface area (Å²) in [6, 6.07) is 50.9. The molecule has 0 fully saturated rings. The average molecular weight is 517 g/mol. The van der Waals surface area contributed by atoms with Crippen LogP contribution in [-0.4, -0.2) is 17.5 Å². The van der Waals surface area contributed by atoms with Gasteiger partial charge in [-0.15, -0.1) is 0 Å². The van der Waals surface area contributed by atoms with Gasteiger partial charge in [-0.05, 0) is 48.7 Å². The first kappa shape index (κ1) is 25.2. The Balaban J connectivity index is 1.77. The summed E-state index contributed by atoms with van der Waals surface area (Å²) >= 11 is 0. The molecule has 0 bridgehead atoms. The lowest BCUT2D eigenvalue weighted by atomic mass is 10.1. The van der Waals surface area contributed by atoms with E-state index < -0.39 is 14.8 Å². The number of aryl methyl sites for hydroxylation is 1. The Morgan fingerprint density at radius 3 is 1.43 bits per heavy atom. The summed E-state index contributed by atoms with van der Waals surface area (Å²) in [5.74, 6) is 3.07. The molecule has 182 valence electrons. The van der Waals surface area contributed by atoms with Crippen molar-refractivity contribution >= 4 is 47.6 Å². The Bertz CT molecular complexity index is 1410. The van der Waals surface area contributed by atoms with Crippen molar-refractivity contribution in [3.8, 4) is 0 Å². The van der Waals surface area contributed by atoms with Gasteiger partial charge in [-0.25, -0.2) is 0 Å². The van der Waals surface area contributed by atoms with E-state index in [1.165, 1.54) is 21.2 Å². The first-order chi connectivity index (χ1) is 18.2. The summed E-state index contributed by atoms with van der Waals surface area (Å²) in [6.07, 6.45) is 0. The van der Waals surface area contributed by atoms with Crippen LogP contribution < -0.4 is 21.2 Å². The number of ketones is 1. The van der Waals surface area contributed by atoms with Crippen molar-refractivity contribution in [1.82, 2.24) is 0 Å². The third kappa shape index (κ3) is 5.75. The lowest BCUT2D eigenvalue weighted by Crippen LogP contribution is -2.26. The lowest BCUT2D eigenvalue weighted by Gasteiger charge is -2.32. The van der Waals surface area contributed by atoms with E-state index >= 15 is 0 Å². The number of Topliss-reactive ketones (excluding diaryl/α,β-unsaturated/α-hetero) is 1. The molecular formula is C34H30OP2. The number of hydrogen-bond acceptors (Lipinski definition) is 1. The third-order valence-electron chi connectivity index (χ3n) is 6.61. The highest BCUT2D eigenvalue weighted by Crippen LogP contribution is 2.55. The predicted octanol–water partition coefficient (Wildman–Crippen LogP) is 6.74. The van der Waals surface area contributed by atoms with Crippen molar-refractivity contribution in [3.05, 3.63) is 157 Å². The normalized spacial score (nSPS) is 11.3. The molecule has 0 saturated heterocycles. The molecule has 0 atom stereocenters. The van der Waals surface area contributed by atoms with E-state index in [0.29, 0.717) is 0 Å². The molecule has 0 heterocycles. The minimum Gasteiger partial charge on any atom is -0.289 e. The topological polar surface area (TPSA) is 17.1 Å². The van der Waals surface area contributed by atoms with Gasteiger partial charge in [0.1, 0.15) is 0 Å².